The number of fused-ring (bicyclic) bond motifs is 9. The van der Waals surface area contributed by atoms with E-state index >= 15 is 0 Å². The Bertz CT molecular complexity index is 560. The molecule has 2 saturated carbocycles. The molecule has 22 heavy (non-hydrogen) atoms. The van der Waals surface area contributed by atoms with Crippen molar-refractivity contribution < 1.29 is 24.2 Å². The number of hydrogen-bond acceptors (Lipinski definition) is 4. The fraction of sp³-hybridized carbons (Fsp3) is 0.765. The zero-order valence-electron chi connectivity index (χ0n) is 13.1. The van der Waals surface area contributed by atoms with Crippen LogP contribution in [0.25, 0.3) is 0 Å². The summed E-state index contributed by atoms with van der Waals surface area (Å²) in [6.45, 7) is 5.46. The van der Waals surface area contributed by atoms with Crippen molar-refractivity contribution in [3.8, 4) is 0 Å². The maximum atomic E-state index is 12.6. The first kappa shape index (κ1) is 14.2. The molecule has 2 heterocycles. The van der Waals surface area contributed by atoms with Crippen molar-refractivity contribution >= 4 is 11.9 Å². The van der Waals surface area contributed by atoms with E-state index in [0.29, 0.717) is 0 Å². The highest BCUT2D eigenvalue weighted by atomic mass is 16.6. The van der Waals surface area contributed by atoms with E-state index in [9.17, 15) is 14.7 Å². The molecule has 2 aliphatic carbocycles. The van der Waals surface area contributed by atoms with Gasteiger partial charge in [0.05, 0.1) is 24.0 Å². The van der Waals surface area contributed by atoms with Crippen molar-refractivity contribution in [3.05, 3.63) is 12.2 Å². The molecule has 0 amide bonds. The quantitative estimate of drug-likeness (QED) is 0.623. The summed E-state index contributed by atoms with van der Waals surface area (Å²) < 4.78 is 11.4. The van der Waals surface area contributed by atoms with Gasteiger partial charge in [0.2, 0.25) is 0 Å². The van der Waals surface area contributed by atoms with Crippen molar-refractivity contribution in [2.75, 3.05) is 0 Å². The maximum Gasteiger partial charge on any atom is 0.310 e. The van der Waals surface area contributed by atoms with Gasteiger partial charge >= 0.3 is 11.9 Å². The van der Waals surface area contributed by atoms with Gasteiger partial charge in [0.1, 0.15) is 5.60 Å². The van der Waals surface area contributed by atoms with E-state index in [1.807, 2.05) is 20.8 Å². The number of esters is 1. The van der Waals surface area contributed by atoms with E-state index in [1.54, 1.807) is 0 Å². The molecule has 4 aliphatic rings. The Balaban J connectivity index is 1.66. The second kappa shape index (κ2) is 4.34. The first-order chi connectivity index (χ1) is 10.3. The van der Waals surface area contributed by atoms with Crippen LogP contribution in [0.15, 0.2) is 12.2 Å². The zero-order chi connectivity index (χ0) is 15.8. The third-order valence-electron chi connectivity index (χ3n) is 5.81. The van der Waals surface area contributed by atoms with E-state index in [2.05, 4.69) is 12.2 Å². The molecule has 0 aromatic heterocycles. The first-order valence-electron chi connectivity index (χ1n) is 8.07. The molecule has 0 radical (unpaired) electrons. The molecule has 5 nitrogen and oxygen atoms in total. The summed E-state index contributed by atoms with van der Waals surface area (Å²) in [6, 6.07) is 0. The van der Waals surface area contributed by atoms with Crippen LogP contribution in [0.5, 0.6) is 0 Å². The molecule has 0 spiro atoms. The summed E-state index contributed by atoms with van der Waals surface area (Å²) in [4.78, 5) is 24.4. The lowest BCUT2D eigenvalue weighted by atomic mass is 9.65. The number of carbonyl (C=O) groups excluding carboxylic acids is 1. The van der Waals surface area contributed by atoms with Gasteiger partial charge in [-0.1, -0.05) is 12.2 Å². The minimum Gasteiger partial charge on any atom is -0.481 e. The van der Waals surface area contributed by atoms with Crippen LogP contribution >= 0.6 is 0 Å². The molecule has 5 heteroatoms. The zero-order valence-corrected chi connectivity index (χ0v) is 13.1. The monoisotopic (exact) mass is 306 g/mol. The van der Waals surface area contributed by atoms with Crippen LogP contribution < -0.4 is 0 Å². The van der Waals surface area contributed by atoms with Crippen molar-refractivity contribution in [2.45, 2.75) is 45.0 Å². The SMILES string of the molecule is CC(C)(C)OC(=O)C1C2CC(C1C(=O)O)C1C3C=CC(O3)C21. The highest BCUT2D eigenvalue weighted by molar-refractivity contribution is 5.83. The molecule has 0 aromatic rings. The largest absolute Gasteiger partial charge is 0.481 e. The standard InChI is InChI=1S/C17H22O5/c1-17(2,3)22-16(20)14-8-6-7(13(14)15(18)19)11-9-4-5-10(21-9)12(8)11/h4-5,7-14H,6H2,1-3H3,(H,18,19). The molecule has 1 saturated heterocycles. The third-order valence-corrected chi connectivity index (χ3v) is 5.81. The average molecular weight is 306 g/mol. The van der Waals surface area contributed by atoms with Crippen LogP contribution in [-0.4, -0.2) is 34.9 Å². The lowest BCUT2D eigenvalue weighted by Gasteiger charge is -2.38. The third kappa shape index (κ3) is 1.81. The number of carboxylic acids is 1. The smallest absolute Gasteiger partial charge is 0.310 e. The fourth-order valence-electron chi connectivity index (χ4n) is 5.39. The lowest BCUT2D eigenvalue weighted by Crippen LogP contribution is -2.46. The maximum absolute atomic E-state index is 12.6. The van der Waals surface area contributed by atoms with Gasteiger partial charge in [0.15, 0.2) is 0 Å². The molecule has 8 unspecified atom stereocenters. The summed E-state index contributed by atoms with van der Waals surface area (Å²) >= 11 is 0. The van der Waals surface area contributed by atoms with Gasteiger partial charge < -0.3 is 14.6 Å². The number of ether oxygens (including phenoxy) is 2. The van der Waals surface area contributed by atoms with Gasteiger partial charge in [-0.25, -0.2) is 0 Å². The van der Waals surface area contributed by atoms with Gasteiger partial charge in [-0.15, -0.1) is 0 Å². The molecule has 4 bridgehead atoms. The highest BCUT2D eigenvalue weighted by Crippen LogP contribution is 2.65. The molecule has 4 rings (SSSR count). The van der Waals surface area contributed by atoms with Crippen LogP contribution in [0, 0.1) is 35.5 Å². The van der Waals surface area contributed by atoms with Gasteiger partial charge in [-0.2, -0.15) is 0 Å². The molecule has 1 N–H and O–H groups in total. The topological polar surface area (TPSA) is 72.8 Å². The predicted molar refractivity (Wildman–Crippen MR) is 76.8 cm³/mol. The second-order valence-corrected chi connectivity index (χ2v) is 8.09. The van der Waals surface area contributed by atoms with Crippen molar-refractivity contribution in [2.24, 2.45) is 35.5 Å². The van der Waals surface area contributed by atoms with Crippen LogP contribution in [0.2, 0.25) is 0 Å². The van der Waals surface area contributed by atoms with Crippen LogP contribution in [-0.2, 0) is 19.1 Å². The highest BCUT2D eigenvalue weighted by Gasteiger charge is 2.69. The molecular formula is C17H22O5. The number of rotatable bonds is 2. The first-order valence-corrected chi connectivity index (χ1v) is 8.07. The van der Waals surface area contributed by atoms with Crippen molar-refractivity contribution in [1.82, 2.24) is 0 Å². The minimum absolute atomic E-state index is 0.0324. The van der Waals surface area contributed by atoms with Crippen LogP contribution in [0.4, 0.5) is 0 Å². The van der Waals surface area contributed by atoms with E-state index < -0.39 is 23.4 Å². The van der Waals surface area contributed by atoms with Crippen molar-refractivity contribution in [1.29, 1.82) is 0 Å². The molecule has 8 atom stereocenters. The van der Waals surface area contributed by atoms with Crippen molar-refractivity contribution in [3.63, 3.8) is 0 Å². The van der Waals surface area contributed by atoms with Crippen LogP contribution in [0.3, 0.4) is 0 Å². The predicted octanol–water partition coefficient (Wildman–Crippen LogP) is 1.86. The van der Waals surface area contributed by atoms with Crippen LogP contribution in [0.1, 0.15) is 27.2 Å². The van der Waals surface area contributed by atoms with Gasteiger partial charge in [0, 0.05) is 0 Å². The number of carboxylic acid groups (broad SMARTS) is 1. The number of hydrogen-bond donors (Lipinski definition) is 1. The normalized spacial score (nSPS) is 47.8. The Labute approximate surface area is 129 Å². The molecule has 120 valence electrons. The fourth-order valence-corrected chi connectivity index (χ4v) is 5.39. The Hall–Kier alpha value is -1.36. The Morgan fingerprint density at radius 2 is 1.64 bits per heavy atom. The average Bonchev–Trinajstić information content (AvgIpc) is 3.12. The summed E-state index contributed by atoms with van der Waals surface area (Å²) in [6.07, 6.45) is 5.06. The summed E-state index contributed by atoms with van der Waals surface area (Å²) in [5.74, 6) is -1.72. The van der Waals surface area contributed by atoms with E-state index in [-0.39, 0.29) is 41.8 Å². The number of carbonyl (C=O) groups is 2. The van der Waals surface area contributed by atoms with Gasteiger partial charge in [0.25, 0.3) is 0 Å². The molecule has 0 aromatic carbocycles. The summed E-state index contributed by atoms with van der Waals surface area (Å²) in [7, 11) is 0. The Morgan fingerprint density at radius 3 is 2.14 bits per heavy atom. The number of aliphatic carboxylic acids is 1. The Morgan fingerprint density at radius 1 is 1.09 bits per heavy atom. The summed E-state index contributed by atoms with van der Waals surface area (Å²) in [5, 5.41) is 9.68. The van der Waals surface area contributed by atoms with Gasteiger partial charge in [-0.3, -0.25) is 9.59 Å². The minimum atomic E-state index is -0.867. The van der Waals surface area contributed by atoms with E-state index in [1.165, 1.54) is 0 Å². The summed E-state index contributed by atoms with van der Waals surface area (Å²) in [5.41, 5.74) is -0.591. The van der Waals surface area contributed by atoms with Gasteiger partial charge in [-0.05, 0) is 50.9 Å². The second-order valence-electron chi connectivity index (χ2n) is 8.09. The van der Waals surface area contributed by atoms with E-state index in [0.717, 1.165) is 6.42 Å². The lowest BCUT2D eigenvalue weighted by molar-refractivity contribution is -0.171. The van der Waals surface area contributed by atoms with E-state index in [4.69, 9.17) is 9.47 Å². The molecular weight excluding hydrogens is 284 g/mol. The molecule has 3 fully saturated rings. The Kier molecular flexibility index (Phi) is 2.81. The molecule has 2 aliphatic heterocycles.